The molecule has 0 aliphatic carbocycles. The fourth-order valence-corrected chi connectivity index (χ4v) is 7.70. The lowest BCUT2D eigenvalue weighted by molar-refractivity contribution is -0.144. The SMILES string of the molecule is CCCC[C@H](NC(=O)[C@H](CC(C)C)N(C)C(=O)[C@H](Cc1ccccc1)NC(=O)[C@@H](N)Cc1ccc(O)cc1)C(=O)N[C@@H](Cc1ccccn1)C(=O)N(C)[C@@H](C)C(=O)N[C@@H](CCCN=C(N)N)C(=O)NCC(=O)O. The van der Waals surface area contributed by atoms with Gasteiger partial charge in [0.2, 0.25) is 41.4 Å². The maximum atomic E-state index is 14.6. The molecule has 13 N–H and O–H groups in total. The lowest BCUT2D eigenvalue weighted by Gasteiger charge is -2.33. The van der Waals surface area contributed by atoms with E-state index in [-0.39, 0.29) is 69.1 Å². The van der Waals surface area contributed by atoms with Gasteiger partial charge < -0.3 is 63.8 Å². The van der Waals surface area contributed by atoms with Crippen molar-refractivity contribution in [1.82, 2.24) is 41.4 Å². The normalized spacial score (nSPS) is 13.9. The Balaban J connectivity index is 1.89. The Hall–Kier alpha value is -7.62. The molecule has 0 aliphatic rings. The summed E-state index contributed by atoms with van der Waals surface area (Å²) in [6.45, 7) is 6.48. The van der Waals surface area contributed by atoms with Crippen LogP contribution < -0.4 is 43.8 Å². The zero-order valence-corrected chi connectivity index (χ0v) is 42.6. The van der Waals surface area contributed by atoms with E-state index in [0.717, 1.165) is 10.5 Å². The van der Waals surface area contributed by atoms with Crippen LogP contribution in [0.3, 0.4) is 0 Å². The van der Waals surface area contributed by atoms with Gasteiger partial charge in [-0.25, -0.2) is 0 Å². The predicted octanol–water partition coefficient (Wildman–Crippen LogP) is 0.246. The predicted molar refractivity (Wildman–Crippen MR) is 274 cm³/mol. The number of carbonyl (C=O) groups excluding carboxylic acids is 7. The number of aliphatic imine (C=N–C) groups is 1. The standard InChI is InChI=1S/C51H74N12O10/c1-7-8-18-39(59-48(71)42(26-31(2)3)63(6)50(73)40(28-33-15-10-9-11-16-33)60-45(68)37(52)27-34-20-22-36(64)23-21-34)47(70)61-41(29-35-17-12-13-24-55-35)49(72)62(5)32(4)44(67)58-38(19-14-25-56-51(53)54)46(69)57-30-43(65)66/h9-13,15-17,20-24,31-32,37-42,64H,7-8,14,18-19,25-30,52H2,1-6H3,(H,57,69)(H,58,67)(H,59,71)(H,60,68)(H,61,70)(H,65,66)(H4,53,54,56)/t32-,37-,38-,39-,40-,41-,42-/m0/s1. The molecule has 0 fully saturated rings. The average molecular weight is 1020 g/mol. The van der Waals surface area contributed by atoms with Crippen LogP contribution in [0, 0.1) is 5.92 Å². The topological polar surface area (TPSA) is 347 Å². The summed E-state index contributed by atoms with van der Waals surface area (Å²) in [4.78, 5) is 120. The molecule has 3 aromatic rings. The fourth-order valence-electron chi connectivity index (χ4n) is 7.70. The number of phenolic OH excluding ortho intramolecular Hbond substituents is 1. The number of likely N-dealkylation sites (N-methyl/N-ethyl adjacent to an activating group) is 2. The molecule has 0 unspecified atom stereocenters. The van der Waals surface area contributed by atoms with Crippen LogP contribution in [0.2, 0.25) is 0 Å². The molecule has 0 saturated carbocycles. The van der Waals surface area contributed by atoms with Crippen LogP contribution in [0.25, 0.3) is 0 Å². The molecular weight excluding hydrogens is 941 g/mol. The van der Waals surface area contributed by atoms with Gasteiger partial charge in [-0.1, -0.05) is 82.1 Å². The van der Waals surface area contributed by atoms with E-state index in [1.165, 1.54) is 44.2 Å². The van der Waals surface area contributed by atoms with Crippen molar-refractivity contribution in [1.29, 1.82) is 0 Å². The highest BCUT2D eigenvalue weighted by Crippen LogP contribution is 2.17. The van der Waals surface area contributed by atoms with Gasteiger partial charge in [0.25, 0.3) is 0 Å². The maximum absolute atomic E-state index is 14.6. The molecule has 1 aromatic heterocycles. The smallest absolute Gasteiger partial charge is 0.322 e. The number of nitrogens with one attached hydrogen (secondary N) is 5. The lowest BCUT2D eigenvalue weighted by atomic mass is 9.98. The minimum absolute atomic E-state index is 0.0200. The van der Waals surface area contributed by atoms with Crippen LogP contribution in [0.1, 0.15) is 83.0 Å². The number of hydrogen-bond acceptors (Lipinski definition) is 12. The number of aromatic hydroxyl groups is 1. The molecule has 7 atom stereocenters. The number of phenols is 1. The van der Waals surface area contributed by atoms with Gasteiger partial charge in [-0.05, 0) is 80.3 Å². The van der Waals surface area contributed by atoms with E-state index >= 15 is 0 Å². The molecule has 0 bridgehead atoms. The Bertz CT molecular complexity index is 2320. The van der Waals surface area contributed by atoms with Crippen molar-refractivity contribution in [3.63, 3.8) is 0 Å². The first kappa shape index (κ1) is 59.7. The van der Waals surface area contributed by atoms with Crippen LogP contribution in [0.5, 0.6) is 5.75 Å². The molecule has 0 spiro atoms. The van der Waals surface area contributed by atoms with Crippen molar-refractivity contribution in [3.8, 4) is 5.75 Å². The summed E-state index contributed by atoms with van der Waals surface area (Å²) in [5, 5.41) is 32.1. The number of hydrogen-bond donors (Lipinski definition) is 10. The Morgan fingerprint density at radius 1 is 0.658 bits per heavy atom. The third-order valence-corrected chi connectivity index (χ3v) is 12.0. The van der Waals surface area contributed by atoms with E-state index < -0.39 is 96.2 Å². The van der Waals surface area contributed by atoms with Gasteiger partial charge in [0, 0.05) is 45.4 Å². The van der Waals surface area contributed by atoms with Gasteiger partial charge in [-0.2, -0.15) is 0 Å². The van der Waals surface area contributed by atoms with Crippen molar-refractivity contribution in [2.75, 3.05) is 27.2 Å². The summed E-state index contributed by atoms with van der Waals surface area (Å²) >= 11 is 0. The number of pyridine rings is 1. The van der Waals surface area contributed by atoms with E-state index in [0.29, 0.717) is 24.1 Å². The number of guanidine groups is 1. The second kappa shape index (κ2) is 30.3. The average Bonchev–Trinajstić information content (AvgIpc) is 3.36. The van der Waals surface area contributed by atoms with Crippen LogP contribution >= 0.6 is 0 Å². The minimum Gasteiger partial charge on any atom is -0.508 e. The summed E-state index contributed by atoms with van der Waals surface area (Å²) in [6.07, 6.45) is 3.29. The molecule has 0 aliphatic heterocycles. The van der Waals surface area contributed by atoms with Crippen molar-refractivity contribution in [2.24, 2.45) is 28.1 Å². The van der Waals surface area contributed by atoms with E-state index in [9.17, 15) is 43.5 Å². The van der Waals surface area contributed by atoms with Crippen molar-refractivity contribution in [3.05, 3.63) is 95.8 Å². The number of carboxylic acids is 1. The Morgan fingerprint density at radius 2 is 1.22 bits per heavy atom. The van der Waals surface area contributed by atoms with Gasteiger partial charge in [0.1, 0.15) is 48.5 Å². The number of unbranched alkanes of at least 4 members (excludes halogenated alkanes) is 1. The monoisotopic (exact) mass is 1010 g/mol. The zero-order chi connectivity index (χ0) is 54.2. The summed E-state index contributed by atoms with van der Waals surface area (Å²) in [6, 6.07) is 12.0. The number of nitrogens with two attached hydrogens (primary N) is 3. The van der Waals surface area contributed by atoms with Gasteiger partial charge in [0.05, 0.1) is 6.04 Å². The Labute approximate surface area is 426 Å². The maximum Gasteiger partial charge on any atom is 0.322 e. The summed E-state index contributed by atoms with van der Waals surface area (Å²) in [7, 11) is 2.81. The first-order valence-corrected chi connectivity index (χ1v) is 24.4. The van der Waals surface area contributed by atoms with Crippen LogP contribution in [0.15, 0.2) is 84.0 Å². The largest absolute Gasteiger partial charge is 0.508 e. The Kier molecular flexibility index (Phi) is 24.8. The number of benzene rings is 2. The summed E-state index contributed by atoms with van der Waals surface area (Å²) in [5.74, 6) is -6.35. The molecule has 398 valence electrons. The highest BCUT2D eigenvalue weighted by molar-refractivity contribution is 5.97. The zero-order valence-electron chi connectivity index (χ0n) is 42.6. The van der Waals surface area contributed by atoms with E-state index in [1.54, 1.807) is 54.6 Å². The highest BCUT2D eigenvalue weighted by Gasteiger charge is 2.37. The number of rotatable bonds is 30. The second-order valence-corrected chi connectivity index (χ2v) is 18.4. The molecule has 22 nitrogen and oxygen atoms in total. The van der Waals surface area contributed by atoms with E-state index in [1.807, 2.05) is 26.8 Å². The molecule has 2 aromatic carbocycles. The number of carbonyl (C=O) groups is 8. The molecule has 73 heavy (non-hydrogen) atoms. The third kappa shape index (κ3) is 20.6. The quantitative estimate of drug-likeness (QED) is 0.0243. The van der Waals surface area contributed by atoms with Gasteiger partial charge in [-0.15, -0.1) is 0 Å². The number of nitrogens with zero attached hydrogens (tertiary/aromatic N) is 4. The van der Waals surface area contributed by atoms with Gasteiger partial charge in [0.15, 0.2) is 5.96 Å². The van der Waals surface area contributed by atoms with Gasteiger partial charge >= 0.3 is 5.97 Å². The highest BCUT2D eigenvalue weighted by atomic mass is 16.4. The van der Waals surface area contributed by atoms with Crippen LogP contribution in [-0.4, -0.2) is 148 Å². The number of aliphatic carboxylic acids is 1. The Morgan fingerprint density at radius 3 is 1.82 bits per heavy atom. The van der Waals surface area contributed by atoms with Crippen LogP contribution in [-0.2, 0) is 57.6 Å². The molecule has 22 heteroatoms. The molecule has 7 amide bonds. The number of aromatic nitrogens is 1. The van der Waals surface area contributed by atoms with Crippen molar-refractivity contribution < 1.29 is 48.6 Å². The first-order chi connectivity index (χ1) is 34.6. The van der Waals surface area contributed by atoms with Crippen LogP contribution in [0.4, 0.5) is 0 Å². The minimum atomic E-state index is -1.32. The number of carboxylic acid groups (broad SMARTS) is 1. The molecular formula is C51H74N12O10. The summed E-state index contributed by atoms with van der Waals surface area (Å²) < 4.78 is 0. The first-order valence-electron chi connectivity index (χ1n) is 24.4. The summed E-state index contributed by atoms with van der Waals surface area (Å²) in [5.41, 5.74) is 19.0. The third-order valence-electron chi connectivity index (χ3n) is 12.0. The molecule has 0 radical (unpaired) electrons. The van der Waals surface area contributed by atoms with Crippen molar-refractivity contribution >= 4 is 53.3 Å². The lowest BCUT2D eigenvalue weighted by Crippen LogP contribution is -2.60. The molecule has 1 heterocycles. The second-order valence-electron chi connectivity index (χ2n) is 18.4. The van der Waals surface area contributed by atoms with E-state index in [4.69, 9.17) is 22.3 Å². The number of amides is 7. The van der Waals surface area contributed by atoms with Crippen molar-refractivity contribution in [2.45, 2.75) is 128 Å². The molecule has 0 saturated heterocycles. The fraction of sp³-hybridized carbons (Fsp3) is 0.490. The van der Waals surface area contributed by atoms with Gasteiger partial charge in [-0.3, -0.25) is 48.3 Å². The molecule has 3 rings (SSSR count). The van der Waals surface area contributed by atoms with E-state index in [2.05, 4.69) is 36.6 Å².